The summed E-state index contributed by atoms with van der Waals surface area (Å²) in [6, 6.07) is 13.5. The molecule has 0 aliphatic carbocycles. The van der Waals surface area contributed by atoms with Crippen molar-refractivity contribution in [3.8, 4) is 5.75 Å². The van der Waals surface area contributed by atoms with E-state index in [2.05, 4.69) is 10.6 Å². The molecule has 2 N–H and O–H groups in total. The van der Waals surface area contributed by atoms with E-state index < -0.39 is 6.09 Å². The van der Waals surface area contributed by atoms with Crippen LogP contribution in [-0.2, 0) is 4.74 Å². The van der Waals surface area contributed by atoms with E-state index in [9.17, 15) is 14.4 Å². The normalized spacial score (nSPS) is 15.7. The summed E-state index contributed by atoms with van der Waals surface area (Å²) in [5.41, 5.74) is 1.30. The fourth-order valence-corrected chi connectivity index (χ4v) is 3.50. The van der Waals surface area contributed by atoms with Crippen molar-refractivity contribution < 1.29 is 23.9 Å². The lowest BCUT2D eigenvalue weighted by molar-refractivity contribution is 0.0687. The van der Waals surface area contributed by atoms with E-state index in [0.717, 1.165) is 12.8 Å². The number of piperidine rings is 1. The molecule has 3 amide bonds. The molecule has 8 heteroatoms. The number of amides is 3. The number of carbonyl (C=O) groups is 3. The molecule has 2 aromatic carbocycles. The van der Waals surface area contributed by atoms with Crippen molar-refractivity contribution in [2.45, 2.75) is 25.8 Å². The van der Waals surface area contributed by atoms with Crippen LogP contribution in [-0.4, -0.2) is 55.7 Å². The lowest BCUT2D eigenvalue weighted by Crippen LogP contribution is -2.49. The van der Waals surface area contributed by atoms with Crippen LogP contribution in [0.3, 0.4) is 0 Å². The highest BCUT2D eigenvalue weighted by Crippen LogP contribution is 2.21. The highest BCUT2D eigenvalue weighted by molar-refractivity contribution is 6.09. The van der Waals surface area contributed by atoms with Gasteiger partial charge in [-0.2, -0.15) is 0 Å². The van der Waals surface area contributed by atoms with Gasteiger partial charge in [-0.3, -0.25) is 9.59 Å². The van der Waals surface area contributed by atoms with Crippen molar-refractivity contribution in [2.75, 3.05) is 32.1 Å². The first-order valence-electron chi connectivity index (χ1n) is 10.3. The van der Waals surface area contributed by atoms with Gasteiger partial charge in [-0.1, -0.05) is 12.1 Å². The Hall–Kier alpha value is -3.55. The molecule has 1 aliphatic heterocycles. The molecular weight excluding hydrogens is 398 g/mol. The fraction of sp³-hybridized carbons (Fsp3) is 0.348. The summed E-state index contributed by atoms with van der Waals surface area (Å²) in [5.74, 6) is 0.146. The maximum absolute atomic E-state index is 13.2. The number of alkyl carbamates (subject to hydrolysis) is 1. The second-order valence-corrected chi connectivity index (χ2v) is 7.18. The zero-order chi connectivity index (χ0) is 22.2. The number of para-hydroxylation sites is 1. The van der Waals surface area contributed by atoms with Crippen molar-refractivity contribution in [3.63, 3.8) is 0 Å². The van der Waals surface area contributed by atoms with Crippen LogP contribution >= 0.6 is 0 Å². The first kappa shape index (κ1) is 22.1. The standard InChI is InChI=1S/C23H27N3O5/c1-3-31-23(29)24-17-7-6-14-26(15-17)22(28)19-8-4-5-9-20(19)25-21(27)16-10-12-18(30-2)13-11-16/h4-5,8-13,17H,3,6-7,14-15H2,1-2H3,(H,24,29)(H,25,27). The molecule has 31 heavy (non-hydrogen) atoms. The molecule has 1 unspecified atom stereocenters. The van der Waals surface area contributed by atoms with Gasteiger partial charge in [0.25, 0.3) is 11.8 Å². The van der Waals surface area contributed by atoms with E-state index in [4.69, 9.17) is 9.47 Å². The van der Waals surface area contributed by atoms with E-state index in [-0.39, 0.29) is 17.9 Å². The lowest BCUT2D eigenvalue weighted by atomic mass is 10.0. The minimum Gasteiger partial charge on any atom is -0.497 e. The number of likely N-dealkylation sites (tertiary alicyclic amines) is 1. The van der Waals surface area contributed by atoms with Gasteiger partial charge in [0.2, 0.25) is 0 Å². The summed E-state index contributed by atoms with van der Waals surface area (Å²) in [6.45, 7) is 3.01. The number of hydrogen-bond donors (Lipinski definition) is 2. The number of nitrogens with one attached hydrogen (secondary N) is 2. The summed E-state index contributed by atoms with van der Waals surface area (Å²) < 4.78 is 10.1. The van der Waals surface area contributed by atoms with Crippen molar-refractivity contribution in [2.24, 2.45) is 0 Å². The number of rotatable bonds is 6. The summed E-state index contributed by atoms with van der Waals surface area (Å²) in [5, 5.41) is 5.63. The zero-order valence-electron chi connectivity index (χ0n) is 17.7. The van der Waals surface area contributed by atoms with E-state index in [0.29, 0.717) is 42.3 Å². The minimum absolute atomic E-state index is 0.169. The zero-order valence-corrected chi connectivity index (χ0v) is 17.7. The lowest BCUT2D eigenvalue weighted by Gasteiger charge is -2.33. The second-order valence-electron chi connectivity index (χ2n) is 7.18. The highest BCUT2D eigenvalue weighted by Gasteiger charge is 2.27. The maximum atomic E-state index is 13.2. The Labute approximate surface area is 181 Å². The van der Waals surface area contributed by atoms with Crippen LogP contribution in [0.5, 0.6) is 5.75 Å². The molecule has 0 saturated carbocycles. The van der Waals surface area contributed by atoms with Gasteiger partial charge in [-0.15, -0.1) is 0 Å². The summed E-state index contributed by atoms with van der Waals surface area (Å²) in [4.78, 5) is 39.3. The Balaban J connectivity index is 1.70. The third kappa shape index (κ3) is 5.75. The van der Waals surface area contributed by atoms with Gasteiger partial charge in [0.05, 0.1) is 25.0 Å². The van der Waals surface area contributed by atoms with Gasteiger partial charge < -0.3 is 25.0 Å². The molecule has 1 saturated heterocycles. The first-order valence-corrected chi connectivity index (χ1v) is 10.3. The molecule has 1 atom stereocenters. The number of nitrogens with zero attached hydrogens (tertiary/aromatic N) is 1. The molecule has 8 nitrogen and oxygen atoms in total. The van der Waals surface area contributed by atoms with E-state index in [1.807, 2.05) is 0 Å². The van der Waals surface area contributed by atoms with Crippen molar-refractivity contribution in [1.82, 2.24) is 10.2 Å². The van der Waals surface area contributed by atoms with Crippen LogP contribution in [0.25, 0.3) is 0 Å². The molecule has 1 aliphatic rings. The Morgan fingerprint density at radius 1 is 1.10 bits per heavy atom. The molecular formula is C23H27N3O5. The monoisotopic (exact) mass is 425 g/mol. The van der Waals surface area contributed by atoms with Crippen LogP contribution < -0.4 is 15.4 Å². The number of benzene rings is 2. The third-order valence-electron chi connectivity index (χ3n) is 5.06. The summed E-state index contributed by atoms with van der Waals surface area (Å²) in [6.07, 6.45) is 1.07. The number of hydrogen-bond acceptors (Lipinski definition) is 5. The molecule has 0 spiro atoms. The quantitative estimate of drug-likeness (QED) is 0.740. The Kier molecular flexibility index (Phi) is 7.48. The number of anilines is 1. The van der Waals surface area contributed by atoms with Crippen LogP contribution in [0.4, 0.5) is 10.5 Å². The Morgan fingerprint density at radius 3 is 2.55 bits per heavy atom. The van der Waals surface area contributed by atoms with Crippen LogP contribution in [0.15, 0.2) is 48.5 Å². The topological polar surface area (TPSA) is 97.0 Å². The summed E-state index contributed by atoms with van der Waals surface area (Å²) >= 11 is 0. The predicted molar refractivity (Wildman–Crippen MR) is 116 cm³/mol. The first-order chi connectivity index (χ1) is 15.0. The minimum atomic E-state index is -0.478. The van der Waals surface area contributed by atoms with Crippen molar-refractivity contribution in [3.05, 3.63) is 59.7 Å². The highest BCUT2D eigenvalue weighted by atomic mass is 16.5. The number of ether oxygens (including phenoxy) is 2. The number of carbonyl (C=O) groups excluding carboxylic acids is 3. The van der Waals surface area contributed by atoms with Crippen LogP contribution in [0.2, 0.25) is 0 Å². The van der Waals surface area contributed by atoms with Gasteiger partial charge in [0, 0.05) is 24.7 Å². The fourth-order valence-electron chi connectivity index (χ4n) is 3.50. The molecule has 0 bridgehead atoms. The van der Waals surface area contributed by atoms with Crippen LogP contribution in [0, 0.1) is 0 Å². The SMILES string of the molecule is CCOC(=O)NC1CCCN(C(=O)c2ccccc2NC(=O)c2ccc(OC)cc2)C1. The average molecular weight is 425 g/mol. The molecule has 2 aromatic rings. The smallest absolute Gasteiger partial charge is 0.407 e. The predicted octanol–water partition coefficient (Wildman–Crippen LogP) is 3.30. The molecule has 1 fully saturated rings. The van der Waals surface area contributed by atoms with E-state index in [1.165, 1.54) is 0 Å². The van der Waals surface area contributed by atoms with Crippen molar-refractivity contribution >= 4 is 23.6 Å². The second kappa shape index (κ2) is 10.5. The molecule has 164 valence electrons. The molecule has 0 aromatic heterocycles. The van der Waals surface area contributed by atoms with Gasteiger partial charge in [0.1, 0.15) is 5.75 Å². The molecule has 3 rings (SSSR count). The van der Waals surface area contributed by atoms with Gasteiger partial charge in [0.15, 0.2) is 0 Å². The van der Waals surface area contributed by atoms with Crippen LogP contribution in [0.1, 0.15) is 40.5 Å². The average Bonchev–Trinajstić information content (AvgIpc) is 2.79. The van der Waals surface area contributed by atoms with E-state index >= 15 is 0 Å². The molecule has 1 heterocycles. The van der Waals surface area contributed by atoms with Crippen molar-refractivity contribution in [1.29, 1.82) is 0 Å². The Bertz CT molecular complexity index is 929. The van der Waals surface area contributed by atoms with Gasteiger partial charge >= 0.3 is 6.09 Å². The van der Waals surface area contributed by atoms with Gasteiger partial charge in [-0.05, 0) is 56.2 Å². The maximum Gasteiger partial charge on any atom is 0.407 e. The van der Waals surface area contributed by atoms with Gasteiger partial charge in [-0.25, -0.2) is 4.79 Å². The largest absolute Gasteiger partial charge is 0.497 e. The summed E-state index contributed by atoms with van der Waals surface area (Å²) in [7, 11) is 1.56. The van der Waals surface area contributed by atoms with E-state index in [1.54, 1.807) is 67.5 Å². The molecule has 0 radical (unpaired) electrons. The number of methoxy groups -OCH3 is 1. The Morgan fingerprint density at radius 2 is 1.84 bits per heavy atom. The third-order valence-corrected chi connectivity index (χ3v) is 5.06.